The Hall–Kier alpha value is -3.49. The molecule has 0 saturated carbocycles. The van der Waals surface area contributed by atoms with Crippen LogP contribution in [-0.4, -0.2) is 55.2 Å². The lowest BCUT2D eigenvalue weighted by Crippen LogP contribution is -2.54. The number of carbonyl (C=O) groups is 1. The van der Waals surface area contributed by atoms with Crippen LogP contribution in [0.25, 0.3) is 28.0 Å². The minimum Gasteiger partial charge on any atom is -0.444 e. The Morgan fingerprint density at radius 1 is 1.16 bits per heavy atom. The summed E-state index contributed by atoms with van der Waals surface area (Å²) in [6, 6.07) is 11.2. The topological polar surface area (TPSA) is 85.2 Å². The second-order valence-electron chi connectivity index (χ2n) is 10.4. The van der Waals surface area contributed by atoms with Gasteiger partial charge in [-0.1, -0.05) is 23.7 Å². The molecule has 0 bridgehead atoms. The van der Waals surface area contributed by atoms with E-state index in [4.69, 9.17) is 26.3 Å². The first-order valence-electron chi connectivity index (χ1n) is 12.4. The molecule has 1 aromatic carbocycles. The van der Waals surface area contributed by atoms with Crippen LogP contribution in [0.3, 0.4) is 0 Å². The van der Waals surface area contributed by atoms with E-state index in [1.165, 1.54) is 0 Å². The summed E-state index contributed by atoms with van der Waals surface area (Å²) in [4.78, 5) is 29.2. The average molecular weight is 519 g/mol. The zero-order valence-electron chi connectivity index (χ0n) is 21.7. The van der Waals surface area contributed by atoms with Gasteiger partial charge in [-0.05, 0) is 64.4 Å². The Kier molecular flexibility index (Phi) is 6.64. The van der Waals surface area contributed by atoms with Crippen LogP contribution in [-0.2, 0) is 4.74 Å². The molecule has 1 fully saturated rings. The summed E-state index contributed by atoms with van der Waals surface area (Å²) >= 11 is 6.40. The van der Waals surface area contributed by atoms with Gasteiger partial charge in [0.1, 0.15) is 17.6 Å². The molecule has 4 heterocycles. The fourth-order valence-corrected chi connectivity index (χ4v) is 5.06. The first-order valence-corrected chi connectivity index (χ1v) is 12.8. The standard InChI is InChI=1S/C28H31ClN6O2/c1-17-9-10-19(29)14-22(17)35-15-20(21-8-6-7-11-31-21)23-24(32-16-33-26(23)35)25-18(2)30-12-13-34(25)27(36)37-28(3,4)5/h6-11,14-16,18,25,30H,12-13H2,1-5H3. The number of benzene rings is 1. The van der Waals surface area contributed by atoms with Crippen molar-refractivity contribution < 1.29 is 9.53 Å². The molecule has 3 aromatic heterocycles. The maximum absolute atomic E-state index is 13.3. The number of aryl methyl sites for hydroxylation is 1. The molecule has 0 aliphatic carbocycles. The second kappa shape index (κ2) is 9.76. The van der Waals surface area contributed by atoms with Gasteiger partial charge >= 0.3 is 6.09 Å². The van der Waals surface area contributed by atoms with E-state index in [0.717, 1.165) is 39.2 Å². The Labute approximate surface area is 221 Å². The van der Waals surface area contributed by atoms with Crippen molar-refractivity contribution in [2.75, 3.05) is 13.1 Å². The minimum absolute atomic E-state index is 0.0628. The van der Waals surface area contributed by atoms with Gasteiger partial charge < -0.3 is 14.6 Å². The highest BCUT2D eigenvalue weighted by molar-refractivity contribution is 6.30. The van der Waals surface area contributed by atoms with E-state index in [1.54, 1.807) is 17.4 Å². The van der Waals surface area contributed by atoms with Crippen molar-refractivity contribution in [2.24, 2.45) is 0 Å². The van der Waals surface area contributed by atoms with Gasteiger partial charge in [-0.2, -0.15) is 0 Å². The number of nitrogens with one attached hydrogen (secondary N) is 1. The summed E-state index contributed by atoms with van der Waals surface area (Å²) < 4.78 is 7.82. The maximum atomic E-state index is 13.3. The number of halogens is 1. The molecule has 1 N–H and O–H groups in total. The van der Waals surface area contributed by atoms with Gasteiger partial charge in [-0.15, -0.1) is 0 Å². The molecule has 0 spiro atoms. The van der Waals surface area contributed by atoms with Gasteiger partial charge in [-0.3, -0.25) is 9.88 Å². The van der Waals surface area contributed by atoms with Crippen LogP contribution in [0.2, 0.25) is 5.02 Å². The first kappa shape index (κ1) is 25.2. The number of fused-ring (bicyclic) bond motifs is 1. The summed E-state index contributed by atoms with van der Waals surface area (Å²) in [6.45, 7) is 10.9. The van der Waals surface area contributed by atoms with Gasteiger partial charge in [0, 0.05) is 42.1 Å². The van der Waals surface area contributed by atoms with Gasteiger partial charge in [-0.25, -0.2) is 14.8 Å². The molecule has 1 saturated heterocycles. The Morgan fingerprint density at radius 2 is 1.97 bits per heavy atom. The molecule has 1 amide bonds. The summed E-state index contributed by atoms with van der Waals surface area (Å²) in [7, 11) is 0. The third-order valence-corrected chi connectivity index (χ3v) is 6.76. The van der Waals surface area contributed by atoms with Crippen molar-refractivity contribution >= 4 is 28.7 Å². The zero-order valence-corrected chi connectivity index (χ0v) is 22.5. The molecule has 4 aromatic rings. The predicted octanol–water partition coefficient (Wildman–Crippen LogP) is 5.71. The van der Waals surface area contributed by atoms with Gasteiger partial charge in [0.15, 0.2) is 0 Å². The first-order chi connectivity index (χ1) is 17.6. The Morgan fingerprint density at radius 3 is 2.70 bits per heavy atom. The quantitative estimate of drug-likeness (QED) is 0.373. The molecule has 1 aliphatic heterocycles. The monoisotopic (exact) mass is 518 g/mol. The number of pyridine rings is 1. The lowest BCUT2D eigenvalue weighted by Gasteiger charge is -2.40. The molecule has 5 rings (SSSR count). The zero-order chi connectivity index (χ0) is 26.3. The highest BCUT2D eigenvalue weighted by atomic mass is 35.5. The van der Waals surface area contributed by atoms with Crippen molar-refractivity contribution in [1.82, 2.24) is 29.7 Å². The highest BCUT2D eigenvalue weighted by Gasteiger charge is 2.38. The van der Waals surface area contributed by atoms with Gasteiger partial charge in [0.2, 0.25) is 0 Å². The van der Waals surface area contributed by atoms with Crippen LogP contribution in [0.5, 0.6) is 0 Å². The number of hydrogen-bond acceptors (Lipinski definition) is 6. The fourth-order valence-electron chi connectivity index (χ4n) is 4.89. The van der Waals surface area contributed by atoms with E-state index in [0.29, 0.717) is 18.1 Å². The van der Waals surface area contributed by atoms with Crippen molar-refractivity contribution in [3.63, 3.8) is 0 Å². The van der Waals surface area contributed by atoms with E-state index < -0.39 is 5.60 Å². The van der Waals surface area contributed by atoms with Crippen LogP contribution < -0.4 is 5.32 Å². The van der Waals surface area contributed by atoms with E-state index in [9.17, 15) is 4.79 Å². The molecule has 192 valence electrons. The normalized spacial score (nSPS) is 18.3. The molecule has 2 atom stereocenters. The second-order valence-corrected chi connectivity index (χ2v) is 10.8. The molecule has 8 nitrogen and oxygen atoms in total. The number of amides is 1. The minimum atomic E-state index is -0.608. The Bertz CT molecular complexity index is 1450. The van der Waals surface area contributed by atoms with Crippen LogP contribution >= 0.6 is 11.6 Å². The van der Waals surface area contributed by atoms with Crippen LogP contribution in [0.15, 0.2) is 55.1 Å². The van der Waals surface area contributed by atoms with E-state index in [1.807, 2.05) is 74.9 Å². The summed E-state index contributed by atoms with van der Waals surface area (Å²) in [5, 5.41) is 4.99. The lowest BCUT2D eigenvalue weighted by molar-refractivity contribution is 0.00596. The number of piperazine rings is 1. The van der Waals surface area contributed by atoms with Gasteiger partial charge in [0.05, 0.1) is 28.5 Å². The molecular formula is C28H31ClN6O2. The summed E-state index contributed by atoms with van der Waals surface area (Å²) in [5.41, 5.74) is 4.51. The van der Waals surface area contributed by atoms with Gasteiger partial charge in [0.25, 0.3) is 0 Å². The number of nitrogens with zero attached hydrogens (tertiary/aromatic N) is 5. The molecular weight excluding hydrogens is 488 g/mol. The van der Waals surface area contributed by atoms with Crippen molar-refractivity contribution in [3.05, 3.63) is 71.4 Å². The maximum Gasteiger partial charge on any atom is 0.410 e. The highest BCUT2D eigenvalue weighted by Crippen LogP contribution is 2.38. The van der Waals surface area contributed by atoms with Crippen molar-refractivity contribution in [2.45, 2.75) is 52.3 Å². The van der Waals surface area contributed by atoms with E-state index >= 15 is 0 Å². The fraction of sp³-hybridized carbons (Fsp3) is 0.357. The third-order valence-electron chi connectivity index (χ3n) is 6.52. The summed E-state index contributed by atoms with van der Waals surface area (Å²) in [6.07, 6.45) is 5.00. The largest absolute Gasteiger partial charge is 0.444 e. The lowest BCUT2D eigenvalue weighted by atomic mass is 9.97. The number of hydrogen-bond donors (Lipinski definition) is 1. The van der Waals surface area contributed by atoms with E-state index in [2.05, 4.69) is 17.2 Å². The third kappa shape index (κ3) is 4.91. The molecule has 1 aliphatic rings. The molecule has 2 unspecified atom stereocenters. The average Bonchev–Trinajstić information content (AvgIpc) is 3.25. The molecule has 9 heteroatoms. The van der Waals surface area contributed by atoms with E-state index in [-0.39, 0.29) is 18.2 Å². The molecule has 37 heavy (non-hydrogen) atoms. The van der Waals surface area contributed by atoms with Crippen LogP contribution in [0.1, 0.15) is 45.0 Å². The number of ether oxygens (including phenoxy) is 1. The van der Waals surface area contributed by atoms with Crippen molar-refractivity contribution in [3.8, 4) is 16.9 Å². The smallest absolute Gasteiger partial charge is 0.410 e. The molecule has 0 radical (unpaired) electrons. The number of rotatable bonds is 3. The predicted molar refractivity (Wildman–Crippen MR) is 145 cm³/mol. The number of aromatic nitrogens is 4. The van der Waals surface area contributed by atoms with Crippen LogP contribution in [0.4, 0.5) is 4.79 Å². The summed E-state index contributed by atoms with van der Waals surface area (Å²) in [5.74, 6) is 0. The SMILES string of the molecule is Cc1ccc(Cl)cc1-n1cc(-c2ccccn2)c2c(C3C(C)NCCN3C(=O)OC(C)(C)C)ncnc21. The van der Waals surface area contributed by atoms with Crippen LogP contribution in [0, 0.1) is 6.92 Å². The van der Waals surface area contributed by atoms with Crippen molar-refractivity contribution in [1.29, 1.82) is 0 Å². The Balaban J connectivity index is 1.76. The number of carbonyl (C=O) groups excluding carboxylic acids is 1.